The predicted molar refractivity (Wildman–Crippen MR) is 82.7 cm³/mol. The fourth-order valence-electron chi connectivity index (χ4n) is 1.63. The zero-order valence-electron chi connectivity index (χ0n) is 10.5. The van der Waals surface area contributed by atoms with Gasteiger partial charge in [-0.15, -0.1) is 0 Å². The van der Waals surface area contributed by atoms with E-state index in [0.29, 0.717) is 0 Å². The van der Waals surface area contributed by atoms with Crippen LogP contribution in [0.25, 0.3) is 6.08 Å². The molecule has 0 aliphatic carbocycles. The van der Waals surface area contributed by atoms with Crippen LogP contribution in [0.4, 0.5) is 4.39 Å². The zero-order chi connectivity index (χ0) is 15.6. The summed E-state index contributed by atoms with van der Waals surface area (Å²) in [5.74, 6) is -1.58. The number of carbonyl (C=O) groups excluding carboxylic acids is 1. The van der Waals surface area contributed by atoms with Crippen LogP contribution in [0.1, 0.15) is 5.56 Å². The van der Waals surface area contributed by atoms with Gasteiger partial charge >= 0.3 is 0 Å². The molecule has 9 heteroatoms. The van der Waals surface area contributed by atoms with Crippen LogP contribution in [0.2, 0.25) is 0 Å². The molecule has 1 N–H and O–H groups in total. The molecular weight excluding hydrogens is 337 g/mol. The minimum Gasteiger partial charge on any atom is -0.292 e. The highest BCUT2D eigenvalue weighted by Gasteiger charge is 2.32. The Bertz CT molecular complexity index is 730. The van der Waals surface area contributed by atoms with Crippen molar-refractivity contribution in [3.05, 3.63) is 40.6 Å². The maximum atomic E-state index is 13.5. The molecule has 1 aliphatic rings. The standard InChI is InChI=1S/C12H10FNO4S3/c13-9-4-2-1-3-8(9)7-10-11(15)14(12(19)20-10)5-6-21(16,17)18/h1-4,7H,5-6H2,(H,16,17,18)/b10-7+. The quantitative estimate of drug-likeness (QED) is 0.509. The van der Waals surface area contributed by atoms with Gasteiger partial charge in [-0.05, 0) is 12.1 Å². The molecule has 1 aromatic rings. The number of carbonyl (C=O) groups is 1. The summed E-state index contributed by atoms with van der Waals surface area (Å²) in [6.45, 7) is -0.238. The molecule has 2 rings (SSSR count). The van der Waals surface area contributed by atoms with E-state index in [9.17, 15) is 17.6 Å². The van der Waals surface area contributed by atoms with Gasteiger partial charge in [0, 0.05) is 12.1 Å². The lowest BCUT2D eigenvalue weighted by atomic mass is 10.2. The predicted octanol–water partition coefficient (Wildman–Crippen LogP) is 1.91. The number of nitrogens with zero attached hydrogens (tertiary/aromatic N) is 1. The molecule has 112 valence electrons. The SMILES string of the molecule is O=C1/C(=C\c2ccccc2F)SC(=S)N1CCS(=O)(=O)O. The molecule has 1 aromatic carbocycles. The Kier molecular flexibility index (Phi) is 4.77. The van der Waals surface area contributed by atoms with Crippen LogP contribution in [-0.2, 0) is 14.9 Å². The number of benzene rings is 1. The molecule has 21 heavy (non-hydrogen) atoms. The van der Waals surface area contributed by atoms with E-state index in [-0.39, 0.29) is 21.3 Å². The molecule has 0 spiro atoms. The van der Waals surface area contributed by atoms with Gasteiger partial charge in [-0.3, -0.25) is 14.2 Å². The van der Waals surface area contributed by atoms with Crippen LogP contribution >= 0.6 is 24.0 Å². The highest BCUT2D eigenvalue weighted by molar-refractivity contribution is 8.26. The first kappa shape index (κ1) is 16.1. The summed E-state index contributed by atoms with van der Waals surface area (Å²) in [5, 5.41) is 0. The summed E-state index contributed by atoms with van der Waals surface area (Å²) in [5.41, 5.74) is 0.243. The Morgan fingerprint density at radius 3 is 2.67 bits per heavy atom. The molecule has 0 radical (unpaired) electrons. The second kappa shape index (κ2) is 6.22. The number of rotatable bonds is 4. The van der Waals surface area contributed by atoms with Crippen LogP contribution in [0.3, 0.4) is 0 Å². The summed E-state index contributed by atoms with van der Waals surface area (Å²) in [6.07, 6.45) is 1.36. The van der Waals surface area contributed by atoms with Crippen molar-refractivity contribution < 1.29 is 22.2 Å². The fourth-order valence-corrected chi connectivity index (χ4v) is 3.35. The van der Waals surface area contributed by atoms with E-state index in [0.717, 1.165) is 16.7 Å². The van der Waals surface area contributed by atoms with E-state index in [1.165, 1.54) is 24.3 Å². The monoisotopic (exact) mass is 347 g/mol. The number of thioether (sulfide) groups is 1. The molecule has 1 fully saturated rings. The Morgan fingerprint density at radius 2 is 2.05 bits per heavy atom. The minimum atomic E-state index is -4.18. The van der Waals surface area contributed by atoms with Crippen molar-refractivity contribution in [1.29, 1.82) is 0 Å². The third-order valence-electron chi connectivity index (χ3n) is 2.64. The van der Waals surface area contributed by atoms with Gasteiger partial charge in [-0.2, -0.15) is 8.42 Å². The lowest BCUT2D eigenvalue weighted by Gasteiger charge is -2.12. The second-order valence-electron chi connectivity index (χ2n) is 4.14. The van der Waals surface area contributed by atoms with Crippen molar-refractivity contribution in [2.45, 2.75) is 0 Å². The molecular formula is C12H10FNO4S3. The molecule has 1 heterocycles. The molecule has 1 amide bonds. The highest BCUT2D eigenvalue weighted by Crippen LogP contribution is 2.32. The van der Waals surface area contributed by atoms with Crippen molar-refractivity contribution in [1.82, 2.24) is 4.90 Å². The average molecular weight is 347 g/mol. The molecule has 0 bridgehead atoms. The Morgan fingerprint density at radius 1 is 1.38 bits per heavy atom. The van der Waals surface area contributed by atoms with E-state index in [1.54, 1.807) is 6.07 Å². The molecule has 0 unspecified atom stereocenters. The van der Waals surface area contributed by atoms with Gasteiger partial charge in [0.2, 0.25) is 0 Å². The minimum absolute atomic E-state index is 0.172. The van der Waals surface area contributed by atoms with E-state index >= 15 is 0 Å². The van der Waals surface area contributed by atoms with Gasteiger partial charge in [0.25, 0.3) is 16.0 Å². The molecule has 0 saturated carbocycles. The third-order valence-corrected chi connectivity index (χ3v) is 4.71. The van der Waals surface area contributed by atoms with Gasteiger partial charge in [0.05, 0.1) is 10.7 Å². The van der Waals surface area contributed by atoms with Gasteiger partial charge < -0.3 is 0 Å². The number of halogens is 1. The number of thiocarbonyl (C=S) groups is 1. The van der Waals surface area contributed by atoms with Gasteiger partial charge in [0.15, 0.2) is 0 Å². The summed E-state index contributed by atoms with van der Waals surface area (Å²) < 4.78 is 43.9. The van der Waals surface area contributed by atoms with Crippen LogP contribution in [0.15, 0.2) is 29.2 Å². The van der Waals surface area contributed by atoms with Crippen LogP contribution in [0.5, 0.6) is 0 Å². The first-order valence-electron chi connectivity index (χ1n) is 5.73. The summed E-state index contributed by atoms with van der Waals surface area (Å²) in [7, 11) is -4.18. The molecule has 1 aliphatic heterocycles. The third kappa shape index (κ3) is 4.10. The second-order valence-corrected chi connectivity index (χ2v) is 7.39. The van der Waals surface area contributed by atoms with E-state index in [1.807, 2.05) is 0 Å². The largest absolute Gasteiger partial charge is 0.292 e. The lowest BCUT2D eigenvalue weighted by molar-refractivity contribution is -0.121. The number of hydrogen-bond donors (Lipinski definition) is 1. The van der Waals surface area contributed by atoms with E-state index in [4.69, 9.17) is 16.8 Å². The molecule has 0 aromatic heterocycles. The Balaban J connectivity index is 2.20. The first-order valence-corrected chi connectivity index (χ1v) is 8.56. The van der Waals surface area contributed by atoms with E-state index < -0.39 is 27.6 Å². The van der Waals surface area contributed by atoms with Crippen molar-refractivity contribution in [3.63, 3.8) is 0 Å². The van der Waals surface area contributed by atoms with Gasteiger partial charge in [0.1, 0.15) is 10.1 Å². The van der Waals surface area contributed by atoms with Gasteiger partial charge in [-0.25, -0.2) is 4.39 Å². The summed E-state index contributed by atoms with van der Waals surface area (Å²) >= 11 is 5.95. The molecule has 0 atom stereocenters. The lowest BCUT2D eigenvalue weighted by Crippen LogP contribution is -2.32. The topological polar surface area (TPSA) is 74.7 Å². The Labute approximate surface area is 130 Å². The van der Waals surface area contributed by atoms with E-state index in [2.05, 4.69) is 0 Å². The van der Waals surface area contributed by atoms with Crippen LogP contribution in [0, 0.1) is 5.82 Å². The smallest absolute Gasteiger partial charge is 0.266 e. The van der Waals surface area contributed by atoms with Crippen molar-refractivity contribution in [2.75, 3.05) is 12.3 Å². The van der Waals surface area contributed by atoms with Crippen LogP contribution in [-0.4, -0.2) is 40.4 Å². The van der Waals surface area contributed by atoms with Crippen molar-refractivity contribution in [3.8, 4) is 0 Å². The maximum Gasteiger partial charge on any atom is 0.266 e. The number of amides is 1. The average Bonchev–Trinajstić information content (AvgIpc) is 2.64. The van der Waals surface area contributed by atoms with Crippen molar-refractivity contribution in [2.24, 2.45) is 0 Å². The number of hydrogen-bond acceptors (Lipinski definition) is 5. The van der Waals surface area contributed by atoms with Gasteiger partial charge in [-0.1, -0.05) is 42.2 Å². The molecule has 5 nitrogen and oxygen atoms in total. The molecule has 1 saturated heterocycles. The highest BCUT2D eigenvalue weighted by atomic mass is 32.2. The van der Waals surface area contributed by atoms with Crippen molar-refractivity contribution >= 4 is 50.4 Å². The zero-order valence-corrected chi connectivity index (χ0v) is 13.0. The summed E-state index contributed by atoms with van der Waals surface area (Å²) in [6, 6.07) is 5.95. The summed E-state index contributed by atoms with van der Waals surface area (Å²) in [4.78, 5) is 13.4. The maximum absolute atomic E-state index is 13.5. The van der Waals surface area contributed by atoms with Crippen LogP contribution < -0.4 is 0 Å². The fraction of sp³-hybridized carbons (Fsp3) is 0.167. The first-order chi connectivity index (χ1) is 9.78. The normalized spacial score (nSPS) is 17.8. The Hall–Kier alpha value is -1.29.